The van der Waals surface area contributed by atoms with Crippen LogP contribution >= 0.6 is 0 Å². The molecule has 0 saturated carbocycles. The Bertz CT molecular complexity index is 3200. The molecule has 0 aliphatic carbocycles. The average Bonchev–Trinajstić information content (AvgIpc) is 3.29. The molecule has 1 aromatic heterocycles. The summed E-state index contributed by atoms with van der Waals surface area (Å²) in [5, 5.41) is 9.47. The number of rotatable bonds is 6. The van der Waals surface area contributed by atoms with Crippen molar-refractivity contribution in [2.75, 3.05) is 4.90 Å². The van der Waals surface area contributed by atoms with E-state index < -0.39 is 0 Å². The van der Waals surface area contributed by atoms with E-state index in [0.717, 1.165) is 77.9 Å². The normalized spacial score (nSPS) is 11.5. The minimum absolute atomic E-state index is 0.880. The van der Waals surface area contributed by atoms with E-state index in [4.69, 9.17) is 9.97 Å². The maximum atomic E-state index is 5.46. The van der Waals surface area contributed by atoms with Gasteiger partial charge in [-0.1, -0.05) is 164 Å². The smallest absolute Gasteiger partial charge is 0.0979 e. The molecule has 1 heterocycles. The van der Waals surface area contributed by atoms with Crippen LogP contribution in [0.5, 0.6) is 0 Å². The van der Waals surface area contributed by atoms with Crippen molar-refractivity contribution in [1.29, 1.82) is 0 Å². The predicted octanol–water partition coefficient (Wildman–Crippen LogP) is 14.7. The molecule has 0 saturated heterocycles. The highest BCUT2D eigenvalue weighted by atomic mass is 15.1. The van der Waals surface area contributed by atoms with Gasteiger partial charge in [0, 0.05) is 33.6 Å². The lowest BCUT2D eigenvalue weighted by molar-refractivity contribution is 1.29. The lowest BCUT2D eigenvalue weighted by Crippen LogP contribution is -2.09. The van der Waals surface area contributed by atoms with Gasteiger partial charge < -0.3 is 4.90 Å². The molecule has 0 aliphatic rings. The van der Waals surface area contributed by atoms with E-state index in [2.05, 4.69) is 205 Å². The fraction of sp³-hybridized carbons (Fsp3) is 0. The SMILES string of the molecule is c1ccc(-c2nc3ccc4ccc5ccc(-c6ccc(N(c7ccc8ccccc8c7)c7ccc8ccccc8c7)cc6)cc5c4c3nc2-c2ccccc2)cc1. The summed E-state index contributed by atoms with van der Waals surface area (Å²) < 4.78 is 0. The second kappa shape index (κ2) is 13.6. The number of fused-ring (bicyclic) bond motifs is 7. The monoisotopic (exact) mass is 725 g/mol. The molecule has 57 heavy (non-hydrogen) atoms. The summed E-state index contributed by atoms with van der Waals surface area (Å²) >= 11 is 0. The molecule has 10 aromatic carbocycles. The summed E-state index contributed by atoms with van der Waals surface area (Å²) in [6.07, 6.45) is 0. The fourth-order valence-electron chi connectivity index (χ4n) is 8.31. The highest BCUT2D eigenvalue weighted by Crippen LogP contribution is 2.40. The van der Waals surface area contributed by atoms with Gasteiger partial charge in [0.05, 0.1) is 22.4 Å². The quantitative estimate of drug-likeness (QED) is 0.160. The maximum Gasteiger partial charge on any atom is 0.0979 e. The van der Waals surface area contributed by atoms with Gasteiger partial charge in [0.2, 0.25) is 0 Å². The summed E-state index contributed by atoms with van der Waals surface area (Å²) in [5.41, 5.74) is 11.3. The number of hydrogen-bond donors (Lipinski definition) is 0. The molecule has 0 radical (unpaired) electrons. The van der Waals surface area contributed by atoms with Crippen LogP contribution in [0.2, 0.25) is 0 Å². The van der Waals surface area contributed by atoms with Gasteiger partial charge in [-0.15, -0.1) is 0 Å². The van der Waals surface area contributed by atoms with Gasteiger partial charge in [-0.2, -0.15) is 0 Å². The van der Waals surface area contributed by atoms with Gasteiger partial charge >= 0.3 is 0 Å². The Kier molecular flexibility index (Phi) is 7.82. The minimum Gasteiger partial charge on any atom is -0.310 e. The molecule has 0 N–H and O–H groups in total. The molecule has 3 heteroatoms. The van der Waals surface area contributed by atoms with E-state index in [0.29, 0.717) is 0 Å². The molecule has 0 fully saturated rings. The maximum absolute atomic E-state index is 5.46. The van der Waals surface area contributed by atoms with Gasteiger partial charge in [0.15, 0.2) is 0 Å². The molecule has 0 spiro atoms. The van der Waals surface area contributed by atoms with Crippen molar-refractivity contribution in [3.8, 4) is 33.6 Å². The van der Waals surface area contributed by atoms with E-state index in [-0.39, 0.29) is 0 Å². The second-order valence-electron chi connectivity index (χ2n) is 14.6. The van der Waals surface area contributed by atoms with Gasteiger partial charge in [-0.05, 0) is 97.4 Å². The highest BCUT2D eigenvalue weighted by Gasteiger charge is 2.18. The Hall–Kier alpha value is -7.62. The Morgan fingerprint density at radius 1 is 0.298 bits per heavy atom. The summed E-state index contributed by atoms with van der Waals surface area (Å²) in [4.78, 5) is 13.1. The van der Waals surface area contributed by atoms with E-state index in [1.165, 1.54) is 26.9 Å². The van der Waals surface area contributed by atoms with Gasteiger partial charge in [0.1, 0.15) is 0 Å². The molecule has 0 unspecified atom stereocenters. The van der Waals surface area contributed by atoms with Crippen LogP contribution in [0.1, 0.15) is 0 Å². The third-order valence-electron chi connectivity index (χ3n) is 11.2. The minimum atomic E-state index is 0.880. The number of hydrogen-bond acceptors (Lipinski definition) is 3. The Morgan fingerprint density at radius 3 is 1.40 bits per heavy atom. The zero-order chi connectivity index (χ0) is 37.7. The van der Waals surface area contributed by atoms with Crippen LogP contribution in [-0.4, -0.2) is 9.97 Å². The van der Waals surface area contributed by atoms with E-state index in [9.17, 15) is 0 Å². The molecule has 0 bridgehead atoms. The third-order valence-corrected chi connectivity index (χ3v) is 11.2. The highest BCUT2D eigenvalue weighted by molar-refractivity contribution is 6.19. The molecule has 3 nitrogen and oxygen atoms in total. The van der Waals surface area contributed by atoms with Crippen LogP contribution in [0.4, 0.5) is 17.1 Å². The molecule has 0 amide bonds. The largest absolute Gasteiger partial charge is 0.310 e. The first-order valence-corrected chi connectivity index (χ1v) is 19.4. The molecular formula is C54H35N3. The van der Waals surface area contributed by atoms with Crippen LogP contribution in [0, 0.1) is 0 Å². The lowest BCUT2D eigenvalue weighted by atomic mass is 9.95. The van der Waals surface area contributed by atoms with Crippen LogP contribution in [0.15, 0.2) is 212 Å². The van der Waals surface area contributed by atoms with Crippen LogP contribution < -0.4 is 4.90 Å². The molecular weight excluding hydrogens is 691 g/mol. The van der Waals surface area contributed by atoms with Gasteiger partial charge in [-0.3, -0.25) is 0 Å². The zero-order valence-corrected chi connectivity index (χ0v) is 31.0. The second-order valence-corrected chi connectivity index (χ2v) is 14.6. The average molecular weight is 726 g/mol. The van der Waals surface area contributed by atoms with Crippen molar-refractivity contribution in [1.82, 2.24) is 9.97 Å². The topological polar surface area (TPSA) is 29.0 Å². The predicted molar refractivity (Wildman–Crippen MR) is 241 cm³/mol. The Morgan fingerprint density at radius 2 is 0.772 bits per heavy atom. The molecule has 11 rings (SSSR count). The number of aromatic nitrogens is 2. The summed E-state index contributed by atoms with van der Waals surface area (Å²) in [6, 6.07) is 75.8. The van der Waals surface area contributed by atoms with Crippen molar-refractivity contribution in [2.24, 2.45) is 0 Å². The molecule has 0 aliphatic heterocycles. The lowest BCUT2D eigenvalue weighted by Gasteiger charge is -2.26. The Labute approximate surface area is 330 Å². The van der Waals surface area contributed by atoms with Crippen LogP contribution in [0.3, 0.4) is 0 Å². The summed E-state index contributed by atoms with van der Waals surface area (Å²) in [7, 11) is 0. The van der Waals surface area contributed by atoms with Crippen molar-refractivity contribution in [3.63, 3.8) is 0 Å². The van der Waals surface area contributed by atoms with E-state index in [1.54, 1.807) is 0 Å². The summed E-state index contributed by atoms with van der Waals surface area (Å²) in [6.45, 7) is 0. The Balaban J connectivity index is 1.05. The third kappa shape index (κ3) is 5.85. The van der Waals surface area contributed by atoms with Crippen molar-refractivity contribution in [2.45, 2.75) is 0 Å². The van der Waals surface area contributed by atoms with Gasteiger partial charge in [-0.25, -0.2) is 9.97 Å². The first kappa shape index (κ1) is 32.8. The van der Waals surface area contributed by atoms with Crippen molar-refractivity contribution in [3.05, 3.63) is 212 Å². The van der Waals surface area contributed by atoms with Crippen molar-refractivity contribution < 1.29 is 0 Å². The van der Waals surface area contributed by atoms with E-state index >= 15 is 0 Å². The molecule has 11 aromatic rings. The number of benzene rings is 10. The molecule has 266 valence electrons. The van der Waals surface area contributed by atoms with Gasteiger partial charge in [0.25, 0.3) is 0 Å². The van der Waals surface area contributed by atoms with Crippen LogP contribution in [0.25, 0.3) is 87.8 Å². The van der Waals surface area contributed by atoms with E-state index in [1.807, 2.05) is 12.1 Å². The molecule has 0 atom stereocenters. The van der Waals surface area contributed by atoms with Crippen molar-refractivity contribution >= 4 is 71.2 Å². The fourth-order valence-corrected chi connectivity index (χ4v) is 8.31. The summed E-state index contributed by atoms with van der Waals surface area (Å²) in [5.74, 6) is 0. The first-order chi connectivity index (χ1) is 28.2. The zero-order valence-electron chi connectivity index (χ0n) is 31.0. The van der Waals surface area contributed by atoms with Crippen LogP contribution in [-0.2, 0) is 0 Å². The number of nitrogens with zero attached hydrogens (tertiary/aromatic N) is 3. The standard InChI is InChI=1S/C54H35N3/c1-3-13-41(14-4-1)52-53(42-15-5-2-6-16-42)56-54-50(55-52)32-27-40-21-19-39-20-22-45(35-49(39)51(40)54)38-23-28-46(29-24-38)57(47-30-25-36-11-7-9-17-43(36)33-47)48-31-26-37-12-8-10-18-44(37)34-48/h1-35H. The number of anilines is 3. The first-order valence-electron chi connectivity index (χ1n) is 19.4.